The lowest BCUT2D eigenvalue weighted by molar-refractivity contribution is 0.0717. The largest absolute Gasteiger partial charge is 0.329 e. The number of halogens is 2. The number of nitrogens with zero attached hydrogens (tertiary/aromatic N) is 4. The summed E-state index contributed by atoms with van der Waals surface area (Å²) in [5, 5.41) is 5.04. The Kier molecular flexibility index (Phi) is 4.66. The van der Waals surface area contributed by atoms with E-state index in [2.05, 4.69) is 10.1 Å². The van der Waals surface area contributed by atoms with Gasteiger partial charge in [0.1, 0.15) is 11.6 Å². The number of carbonyl (C=O) groups is 1. The molecule has 5 nitrogen and oxygen atoms in total. The molecule has 7 heteroatoms. The predicted molar refractivity (Wildman–Crippen MR) is 100 cm³/mol. The monoisotopic (exact) mass is 384 g/mol. The number of aryl methyl sites for hydroxylation is 1. The standard InChI is InChI=1S/C20H18ClFN4O/c1-13-23-19(24-26(13)18-8-4-15(21)5-9-18)20(27)25(17-10-11-17)12-14-2-6-16(22)7-3-14/h2-9,17H,10-12H2,1H3. The van der Waals surface area contributed by atoms with Gasteiger partial charge >= 0.3 is 0 Å². The van der Waals surface area contributed by atoms with Crippen molar-refractivity contribution in [1.82, 2.24) is 19.7 Å². The lowest BCUT2D eigenvalue weighted by atomic mass is 10.2. The first-order valence-electron chi connectivity index (χ1n) is 8.76. The molecule has 1 aromatic heterocycles. The molecule has 1 fully saturated rings. The average molecular weight is 385 g/mol. The zero-order valence-corrected chi connectivity index (χ0v) is 15.5. The lowest BCUT2D eigenvalue weighted by Crippen LogP contribution is -2.33. The molecule has 1 aliphatic carbocycles. The van der Waals surface area contributed by atoms with Crippen LogP contribution < -0.4 is 0 Å². The van der Waals surface area contributed by atoms with Crippen LogP contribution in [0.3, 0.4) is 0 Å². The van der Waals surface area contributed by atoms with E-state index in [4.69, 9.17) is 11.6 Å². The van der Waals surface area contributed by atoms with Crippen LogP contribution in [-0.4, -0.2) is 31.6 Å². The third-order valence-corrected chi connectivity index (χ3v) is 4.80. The van der Waals surface area contributed by atoms with Crippen LogP contribution >= 0.6 is 11.6 Å². The van der Waals surface area contributed by atoms with Gasteiger partial charge in [0.15, 0.2) is 0 Å². The Labute approximate surface area is 161 Å². The molecule has 138 valence electrons. The van der Waals surface area contributed by atoms with Crippen molar-refractivity contribution in [1.29, 1.82) is 0 Å². The van der Waals surface area contributed by atoms with E-state index in [1.807, 2.05) is 12.1 Å². The minimum absolute atomic E-state index is 0.163. The van der Waals surface area contributed by atoms with E-state index in [-0.39, 0.29) is 23.6 Å². The zero-order chi connectivity index (χ0) is 19.0. The second-order valence-corrected chi connectivity index (χ2v) is 7.10. The smallest absolute Gasteiger partial charge is 0.294 e. The molecule has 27 heavy (non-hydrogen) atoms. The average Bonchev–Trinajstić information content (AvgIpc) is 3.43. The van der Waals surface area contributed by atoms with Crippen molar-refractivity contribution in [3.8, 4) is 5.69 Å². The Morgan fingerprint density at radius 3 is 2.48 bits per heavy atom. The second-order valence-electron chi connectivity index (χ2n) is 6.66. The molecule has 4 rings (SSSR count). The van der Waals surface area contributed by atoms with Crippen LogP contribution in [0.5, 0.6) is 0 Å². The van der Waals surface area contributed by atoms with Crippen LogP contribution in [-0.2, 0) is 6.54 Å². The van der Waals surface area contributed by atoms with E-state index in [1.165, 1.54) is 12.1 Å². The molecule has 0 saturated heterocycles. The first-order valence-corrected chi connectivity index (χ1v) is 9.14. The maximum Gasteiger partial charge on any atom is 0.294 e. The van der Waals surface area contributed by atoms with Gasteiger partial charge < -0.3 is 4.90 Å². The summed E-state index contributed by atoms with van der Waals surface area (Å²) in [4.78, 5) is 19.2. The quantitative estimate of drug-likeness (QED) is 0.663. The van der Waals surface area contributed by atoms with Crippen molar-refractivity contribution in [2.24, 2.45) is 0 Å². The van der Waals surface area contributed by atoms with E-state index >= 15 is 0 Å². The number of rotatable bonds is 5. The van der Waals surface area contributed by atoms with Gasteiger partial charge in [0.05, 0.1) is 5.69 Å². The molecule has 3 aromatic rings. The fraction of sp³-hybridized carbons (Fsp3) is 0.250. The number of aromatic nitrogens is 3. The van der Waals surface area contributed by atoms with Gasteiger partial charge in [0.2, 0.25) is 5.82 Å². The van der Waals surface area contributed by atoms with Crippen molar-refractivity contribution in [3.05, 3.63) is 76.6 Å². The molecular weight excluding hydrogens is 367 g/mol. The zero-order valence-electron chi connectivity index (χ0n) is 14.8. The minimum atomic E-state index is -0.290. The molecule has 1 heterocycles. The Balaban J connectivity index is 1.59. The van der Waals surface area contributed by atoms with Gasteiger partial charge in [-0.3, -0.25) is 4.79 Å². The fourth-order valence-electron chi connectivity index (χ4n) is 2.98. The number of hydrogen-bond donors (Lipinski definition) is 0. The highest BCUT2D eigenvalue weighted by atomic mass is 35.5. The summed E-state index contributed by atoms with van der Waals surface area (Å²) in [7, 11) is 0. The first-order chi connectivity index (χ1) is 13.0. The summed E-state index contributed by atoms with van der Waals surface area (Å²) in [6, 6.07) is 13.6. The fourth-order valence-corrected chi connectivity index (χ4v) is 3.10. The molecular formula is C20H18ClFN4O. The molecule has 0 bridgehead atoms. The lowest BCUT2D eigenvalue weighted by Gasteiger charge is -2.21. The molecule has 1 saturated carbocycles. The van der Waals surface area contributed by atoms with Gasteiger partial charge in [-0.1, -0.05) is 23.7 Å². The van der Waals surface area contributed by atoms with Gasteiger partial charge in [-0.05, 0) is 61.7 Å². The minimum Gasteiger partial charge on any atom is -0.329 e. The third-order valence-electron chi connectivity index (χ3n) is 4.55. The number of benzene rings is 2. The van der Waals surface area contributed by atoms with Gasteiger partial charge in [-0.15, -0.1) is 5.10 Å². The van der Waals surface area contributed by atoms with Crippen molar-refractivity contribution in [2.75, 3.05) is 0 Å². The molecule has 0 radical (unpaired) electrons. The topological polar surface area (TPSA) is 51.0 Å². The van der Waals surface area contributed by atoms with Gasteiger partial charge in [-0.2, -0.15) is 0 Å². The Bertz CT molecular complexity index is 965. The summed E-state index contributed by atoms with van der Waals surface area (Å²) in [5.74, 6) is 0.286. The molecule has 0 unspecified atom stereocenters. The maximum atomic E-state index is 13.1. The van der Waals surface area contributed by atoms with Crippen molar-refractivity contribution in [2.45, 2.75) is 32.4 Å². The predicted octanol–water partition coefficient (Wildman–Crippen LogP) is 4.17. The molecule has 2 aromatic carbocycles. The summed E-state index contributed by atoms with van der Waals surface area (Å²) in [6.07, 6.45) is 1.92. The van der Waals surface area contributed by atoms with Crippen LogP contribution in [0.15, 0.2) is 48.5 Å². The van der Waals surface area contributed by atoms with Crippen LogP contribution in [0.1, 0.15) is 34.8 Å². The summed E-state index contributed by atoms with van der Waals surface area (Å²) >= 11 is 5.94. The number of hydrogen-bond acceptors (Lipinski definition) is 3. The highest BCUT2D eigenvalue weighted by Gasteiger charge is 2.35. The Morgan fingerprint density at radius 1 is 1.19 bits per heavy atom. The van der Waals surface area contributed by atoms with Gasteiger partial charge in [-0.25, -0.2) is 14.1 Å². The van der Waals surface area contributed by atoms with E-state index in [1.54, 1.807) is 40.8 Å². The molecule has 0 aliphatic heterocycles. The van der Waals surface area contributed by atoms with Gasteiger partial charge in [0.25, 0.3) is 5.91 Å². The highest BCUT2D eigenvalue weighted by molar-refractivity contribution is 6.30. The van der Waals surface area contributed by atoms with Crippen LogP contribution in [0.25, 0.3) is 5.69 Å². The van der Waals surface area contributed by atoms with Gasteiger partial charge in [0, 0.05) is 17.6 Å². The summed E-state index contributed by atoms with van der Waals surface area (Å²) in [6.45, 7) is 2.22. The second kappa shape index (κ2) is 7.12. The van der Waals surface area contributed by atoms with Crippen molar-refractivity contribution in [3.63, 3.8) is 0 Å². The van der Waals surface area contributed by atoms with E-state index in [9.17, 15) is 9.18 Å². The molecule has 0 spiro atoms. The van der Waals surface area contributed by atoms with Crippen LogP contribution in [0.4, 0.5) is 4.39 Å². The van der Waals surface area contributed by atoms with E-state index in [0.29, 0.717) is 17.4 Å². The first kappa shape index (κ1) is 17.7. The molecule has 1 aliphatic rings. The van der Waals surface area contributed by atoms with Crippen LogP contribution in [0, 0.1) is 12.7 Å². The highest BCUT2D eigenvalue weighted by Crippen LogP contribution is 2.29. The Hall–Kier alpha value is -2.73. The van der Waals surface area contributed by atoms with Crippen molar-refractivity contribution < 1.29 is 9.18 Å². The maximum absolute atomic E-state index is 13.1. The summed E-state index contributed by atoms with van der Waals surface area (Å²) in [5.41, 5.74) is 1.67. The SMILES string of the molecule is Cc1nc(C(=O)N(Cc2ccc(F)cc2)C2CC2)nn1-c1ccc(Cl)cc1. The normalized spacial score (nSPS) is 13.6. The molecule has 0 atom stereocenters. The molecule has 1 amide bonds. The number of carbonyl (C=O) groups excluding carboxylic acids is 1. The summed E-state index contributed by atoms with van der Waals surface area (Å²) < 4.78 is 14.8. The Morgan fingerprint density at radius 2 is 1.85 bits per heavy atom. The van der Waals surface area contributed by atoms with E-state index in [0.717, 1.165) is 24.1 Å². The number of amides is 1. The van der Waals surface area contributed by atoms with Crippen LogP contribution in [0.2, 0.25) is 5.02 Å². The molecule has 0 N–H and O–H groups in total. The van der Waals surface area contributed by atoms with E-state index < -0.39 is 0 Å². The third kappa shape index (κ3) is 3.85. The van der Waals surface area contributed by atoms with Crippen molar-refractivity contribution >= 4 is 17.5 Å².